The van der Waals surface area contributed by atoms with Crippen LogP contribution < -0.4 is 5.56 Å². The molecule has 0 saturated heterocycles. The molecule has 1 aromatic heterocycles. The Hall–Kier alpha value is -2.35. The van der Waals surface area contributed by atoms with Crippen LogP contribution in [0.15, 0.2) is 29.2 Å². The molecule has 0 bridgehead atoms. The van der Waals surface area contributed by atoms with Crippen LogP contribution in [-0.2, 0) is 19.6 Å². The van der Waals surface area contributed by atoms with E-state index in [1.807, 2.05) is 24.0 Å². The molecular weight excluding hydrogens is 335 g/mol. The fraction of sp³-hybridized carbons (Fsp3) is 0.412. The van der Waals surface area contributed by atoms with Gasteiger partial charge in [-0.05, 0) is 25.0 Å². The van der Waals surface area contributed by atoms with Gasteiger partial charge < -0.3 is 5.11 Å². The van der Waals surface area contributed by atoms with E-state index in [4.69, 9.17) is 0 Å². The summed E-state index contributed by atoms with van der Waals surface area (Å²) < 4.78 is 39.1. The van der Waals surface area contributed by atoms with Crippen molar-refractivity contribution in [2.45, 2.75) is 45.7 Å². The van der Waals surface area contributed by atoms with Crippen molar-refractivity contribution in [2.24, 2.45) is 0 Å². The predicted octanol–water partition coefficient (Wildman–Crippen LogP) is 2.90. The van der Waals surface area contributed by atoms with E-state index in [9.17, 15) is 23.1 Å². The van der Waals surface area contributed by atoms with Gasteiger partial charge in [0.25, 0.3) is 5.56 Å². The van der Waals surface area contributed by atoms with Crippen molar-refractivity contribution < 1.29 is 18.3 Å². The minimum absolute atomic E-state index is 0.00958. The minimum atomic E-state index is -4.58. The van der Waals surface area contributed by atoms with Gasteiger partial charge in [-0.25, -0.2) is 4.98 Å². The molecule has 134 valence electrons. The SMILES string of the molecule is Cc1ccc2c(c1)CN(C(C)c1ncc(O)c(=O)n1CC(F)(F)F)C2. The van der Waals surface area contributed by atoms with Crippen molar-refractivity contribution in [3.8, 4) is 5.75 Å². The van der Waals surface area contributed by atoms with Crippen LogP contribution in [0.1, 0.15) is 35.5 Å². The summed E-state index contributed by atoms with van der Waals surface area (Å²) in [7, 11) is 0. The van der Waals surface area contributed by atoms with Gasteiger partial charge >= 0.3 is 6.18 Å². The number of fused-ring (bicyclic) bond motifs is 1. The summed E-state index contributed by atoms with van der Waals surface area (Å²) >= 11 is 0. The zero-order valence-electron chi connectivity index (χ0n) is 13.8. The number of aromatic hydroxyl groups is 1. The highest BCUT2D eigenvalue weighted by atomic mass is 19.4. The smallest absolute Gasteiger partial charge is 0.406 e. The van der Waals surface area contributed by atoms with Gasteiger partial charge in [0.2, 0.25) is 0 Å². The van der Waals surface area contributed by atoms with E-state index in [2.05, 4.69) is 11.1 Å². The van der Waals surface area contributed by atoms with Crippen molar-refractivity contribution in [1.82, 2.24) is 14.5 Å². The van der Waals surface area contributed by atoms with Crippen LogP contribution >= 0.6 is 0 Å². The van der Waals surface area contributed by atoms with Gasteiger partial charge in [-0.2, -0.15) is 13.2 Å². The monoisotopic (exact) mass is 353 g/mol. The maximum Gasteiger partial charge on any atom is 0.406 e. The summed E-state index contributed by atoms with van der Waals surface area (Å²) in [4.78, 5) is 17.9. The number of alkyl halides is 3. The van der Waals surface area contributed by atoms with Gasteiger partial charge in [-0.1, -0.05) is 23.8 Å². The molecule has 25 heavy (non-hydrogen) atoms. The third-order valence-corrected chi connectivity index (χ3v) is 4.43. The van der Waals surface area contributed by atoms with Gasteiger partial charge in [0.15, 0.2) is 5.75 Å². The third-order valence-electron chi connectivity index (χ3n) is 4.43. The highest BCUT2D eigenvalue weighted by molar-refractivity contribution is 5.34. The van der Waals surface area contributed by atoms with Crippen LogP contribution in [0.5, 0.6) is 5.75 Å². The Morgan fingerprint density at radius 3 is 2.64 bits per heavy atom. The van der Waals surface area contributed by atoms with Crippen LogP contribution in [0, 0.1) is 6.92 Å². The third kappa shape index (κ3) is 3.53. The molecular formula is C17H18F3N3O2. The first-order valence-corrected chi connectivity index (χ1v) is 7.83. The Kier molecular flexibility index (Phi) is 4.32. The first-order chi connectivity index (χ1) is 11.7. The van der Waals surface area contributed by atoms with E-state index in [1.165, 1.54) is 0 Å². The first-order valence-electron chi connectivity index (χ1n) is 7.83. The fourth-order valence-electron chi connectivity index (χ4n) is 3.15. The second-order valence-corrected chi connectivity index (χ2v) is 6.36. The van der Waals surface area contributed by atoms with Gasteiger partial charge in [-0.15, -0.1) is 0 Å². The highest BCUT2D eigenvalue weighted by Crippen LogP contribution is 2.31. The number of benzene rings is 1. The molecule has 2 heterocycles. The van der Waals surface area contributed by atoms with Crippen LogP contribution in [-0.4, -0.2) is 25.7 Å². The number of hydrogen-bond donors (Lipinski definition) is 1. The molecule has 0 saturated carbocycles. The predicted molar refractivity (Wildman–Crippen MR) is 85.1 cm³/mol. The lowest BCUT2D eigenvalue weighted by Gasteiger charge is -2.26. The van der Waals surface area contributed by atoms with Gasteiger partial charge in [0.1, 0.15) is 12.4 Å². The Bertz CT molecular complexity index is 861. The molecule has 3 rings (SSSR count). The number of hydrogen-bond acceptors (Lipinski definition) is 4. The summed E-state index contributed by atoms with van der Waals surface area (Å²) in [6.45, 7) is 3.35. The first kappa shape index (κ1) is 17.5. The normalized spacial score (nSPS) is 16.0. The highest BCUT2D eigenvalue weighted by Gasteiger charge is 2.33. The van der Waals surface area contributed by atoms with E-state index in [0.29, 0.717) is 17.7 Å². The molecule has 2 aromatic rings. The van der Waals surface area contributed by atoms with Gasteiger partial charge in [0.05, 0.1) is 12.2 Å². The van der Waals surface area contributed by atoms with E-state index in [0.717, 1.165) is 22.9 Å². The van der Waals surface area contributed by atoms with Crippen molar-refractivity contribution in [3.05, 3.63) is 57.3 Å². The zero-order chi connectivity index (χ0) is 18.4. The van der Waals surface area contributed by atoms with Gasteiger partial charge in [0, 0.05) is 13.1 Å². The van der Waals surface area contributed by atoms with Crippen molar-refractivity contribution in [2.75, 3.05) is 0 Å². The Labute approximate surface area is 142 Å². The molecule has 1 aliphatic rings. The molecule has 1 aliphatic heterocycles. The molecule has 1 aromatic carbocycles. The lowest BCUT2D eigenvalue weighted by atomic mass is 10.1. The molecule has 0 amide bonds. The summed E-state index contributed by atoms with van der Waals surface area (Å²) in [5, 5.41) is 9.46. The topological polar surface area (TPSA) is 58.4 Å². The molecule has 8 heteroatoms. The lowest BCUT2D eigenvalue weighted by Crippen LogP contribution is -2.35. The van der Waals surface area contributed by atoms with Crippen LogP contribution in [0.25, 0.3) is 0 Å². The molecule has 0 fully saturated rings. The van der Waals surface area contributed by atoms with Crippen LogP contribution in [0.2, 0.25) is 0 Å². The second kappa shape index (κ2) is 6.18. The van der Waals surface area contributed by atoms with Crippen molar-refractivity contribution >= 4 is 0 Å². The summed E-state index contributed by atoms with van der Waals surface area (Å²) in [5.41, 5.74) is 2.27. The summed E-state index contributed by atoms with van der Waals surface area (Å²) in [6, 6.07) is 5.54. The van der Waals surface area contributed by atoms with Gasteiger partial charge in [-0.3, -0.25) is 14.3 Å². The number of halogens is 3. The van der Waals surface area contributed by atoms with E-state index < -0.39 is 30.1 Å². The molecule has 1 N–H and O–H groups in total. The number of rotatable bonds is 3. The summed E-state index contributed by atoms with van der Waals surface area (Å²) in [6.07, 6.45) is -3.67. The molecule has 1 atom stereocenters. The largest absolute Gasteiger partial charge is 0.502 e. The maximum absolute atomic E-state index is 12.9. The number of aryl methyl sites for hydroxylation is 1. The number of aromatic nitrogens is 2. The second-order valence-electron chi connectivity index (χ2n) is 6.36. The standard InChI is InChI=1S/C17H18F3N3O2/c1-10-3-4-12-7-22(8-13(12)5-10)11(2)15-21-6-14(24)16(25)23(15)9-17(18,19)20/h3-6,11,24H,7-9H2,1-2H3. The van der Waals surface area contributed by atoms with Crippen molar-refractivity contribution in [3.63, 3.8) is 0 Å². The molecule has 1 unspecified atom stereocenters. The lowest BCUT2D eigenvalue weighted by molar-refractivity contribution is -0.142. The zero-order valence-corrected chi connectivity index (χ0v) is 13.8. The average molecular weight is 353 g/mol. The maximum atomic E-state index is 12.9. The molecule has 0 aliphatic carbocycles. The van der Waals surface area contributed by atoms with E-state index in [-0.39, 0.29) is 5.82 Å². The fourth-order valence-corrected chi connectivity index (χ4v) is 3.15. The Morgan fingerprint density at radius 1 is 1.28 bits per heavy atom. The van der Waals surface area contributed by atoms with Crippen molar-refractivity contribution in [1.29, 1.82) is 0 Å². The Morgan fingerprint density at radius 2 is 1.96 bits per heavy atom. The molecule has 0 spiro atoms. The van der Waals surface area contributed by atoms with E-state index >= 15 is 0 Å². The minimum Gasteiger partial charge on any atom is -0.502 e. The summed E-state index contributed by atoms with van der Waals surface area (Å²) in [5.74, 6) is -0.801. The quantitative estimate of drug-likeness (QED) is 0.922. The van der Waals surface area contributed by atoms with Crippen LogP contribution in [0.3, 0.4) is 0 Å². The van der Waals surface area contributed by atoms with E-state index in [1.54, 1.807) is 6.92 Å². The average Bonchev–Trinajstić information content (AvgIpc) is 2.93. The molecule has 0 radical (unpaired) electrons. The molecule has 5 nitrogen and oxygen atoms in total. The Balaban J connectivity index is 1.94. The van der Waals surface area contributed by atoms with Crippen LogP contribution in [0.4, 0.5) is 13.2 Å². The number of nitrogens with zero attached hydrogens (tertiary/aromatic N) is 3.